The molecule has 0 aromatic carbocycles. The monoisotopic (exact) mass is 198 g/mol. The van der Waals surface area contributed by atoms with Crippen molar-refractivity contribution in [2.24, 2.45) is 17.6 Å². The average molecular weight is 198 g/mol. The predicted octanol–water partition coefficient (Wildman–Crippen LogP) is 2.09. The Morgan fingerprint density at radius 2 is 2.14 bits per heavy atom. The molecule has 0 bridgehead atoms. The minimum atomic E-state index is 0.405. The van der Waals surface area contributed by atoms with E-state index in [0.29, 0.717) is 6.04 Å². The minimum absolute atomic E-state index is 0.405. The molecule has 0 spiro atoms. The zero-order chi connectivity index (χ0) is 10.6. The molecule has 1 saturated heterocycles. The van der Waals surface area contributed by atoms with E-state index in [9.17, 15) is 0 Å². The summed E-state index contributed by atoms with van der Waals surface area (Å²) in [6.07, 6.45) is 3.96. The van der Waals surface area contributed by atoms with Crippen molar-refractivity contribution in [3.05, 3.63) is 0 Å². The van der Waals surface area contributed by atoms with E-state index in [0.717, 1.165) is 18.4 Å². The van der Waals surface area contributed by atoms with Crippen LogP contribution < -0.4 is 5.73 Å². The van der Waals surface area contributed by atoms with Gasteiger partial charge < -0.3 is 10.6 Å². The summed E-state index contributed by atoms with van der Waals surface area (Å²) in [5, 5.41) is 0. The molecule has 1 rings (SSSR count). The summed E-state index contributed by atoms with van der Waals surface area (Å²) >= 11 is 0. The molecule has 0 aromatic rings. The van der Waals surface area contributed by atoms with Crippen LogP contribution in [0.3, 0.4) is 0 Å². The van der Waals surface area contributed by atoms with Crippen LogP contribution in [0, 0.1) is 11.8 Å². The first kappa shape index (κ1) is 12.0. The van der Waals surface area contributed by atoms with Crippen molar-refractivity contribution in [1.29, 1.82) is 0 Å². The SMILES string of the molecule is CC(C)CCCN1CCC(C)C(N)C1. The van der Waals surface area contributed by atoms with Gasteiger partial charge in [0.15, 0.2) is 0 Å². The van der Waals surface area contributed by atoms with Crippen LogP contribution in [0.15, 0.2) is 0 Å². The number of nitrogens with zero attached hydrogens (tertiary/aromatic N) is 1. The van der Waals surface area contributed by atoms with Crippen molar-refractivity contribution < 1.29 is 0 Å². The lowest BCUT2D eigenvalue weighted by molar-refractivity contribution is 0.165. The first-order valence-electron chi connectivity index (χ1n) is 6.07. The first-order chi connectivity index (χ1) is 6.59. The van der Waals surface area contributed by atoms with Crippen LogP contribution in [0.4, 0.5) is 0 Å². The molecule has 14 heavy (non-hydrogen) atoms. The standard InChI is InChI=1S/C12H26N2/c1-10(2)5-4-7-14-8-6-11(3)12(13)9-14/h10-12H,4-9,13H2,1-3H3. The Labute approximate surface area is 88.8 Å². The second-order valence-corrected chi connectivity index (χ2v) is 5.27. The van der Waals surface area contributed by atoms with E-state index in [1.807, 2.05) is 0 Å². The fourth-order valence-electron chi connectivity index (χ4n) is 2.10. The van der Waals surface area contributed by atoms with Gasteiger partial charge in [0.05, 0.1) is 0 Å². The van der Waals surface area contributed by atoms with Crippen molar-refractivity contribution in [3.63, 3.8) is 0 Å². The number of hydrogen-bond donors (Lipinski definition) is 1. The summed E-state index contributed by atoms with van der Waals surface area (Å²) in [6, 6.07) is 0.405. The van der Waals surface area contributed by atoms with E-state index in [2.05, 4.69) is 25.7 Å². The molecule has 2 atom stereocenters. The smallest absolute Gasteiger partial charge is 0.0194 e. The van der Waals surface area contributed by atoms with Gasteiger partial charge in [-0.3, -0.25) is 0 Å². The van der Waals surface area contributed by atoms with Crippen molar-refractivity contribution in [2.75, 3.05) is 19.6 Å². The lowest BCUT2D eigenvalue weighted by Crippen LogP contribution is -2.47. The molecule has 2 nitrogen and oxygen atoms in total. The Morgan fingerprint density at radius 3 is 2.71 bits per heavy atom. The van der Waals surface area contributed by atoms with Crippen LogP contribution in [0.2, 0.25) is 0 Å². The molecule has 1 fully saturated rings. The molecule has 2 N–H and O–H groups in total. The quantitative estimate of drug-likeness (QED) is 0.749. The van der Waals surface area contributed by atoms with Crippen LogP contribution in [-0.2, 0) is 0 Å². The molecule has 0 aromatic heterocycles. The van der Waals surface area contributed by atoms with Gasteiger partial charge in [-0.15, -0.1) is 0 Å². The van der Waals surface area contributed by atoms with Crippen molar-refractivity contribution in [1.82, 2.24) is 4.90 Å². The molecule has 2 heteroatoms. The van der Waals surface area contributed by atoms with Gasteiger partial charge >= 0.3 is 0 Å². The number of nitrogens with two attached hydrogens (primary N) is 1. The number of hydrogen-bond acceptors (Lipinski definition) is 2. The maximum atomic E-state index is 6.06. The molecule has 1 heterocycles. The Bertz CT molecular complexity index is 156. The highest BCUT2D eigenvalue weighted by atomic mass is 15.1. The van der Waals surface area contributed by atoms with Gasteiger partial charge in [-0.2, -0.15) is 0 Å². The maximum absolute atomic E-state index is 6.06. The average Bonchev–Trinajstić information content (AvgIpc) is 2.10. The van der Waals surface area contributed by atoms with E-state index in [1.165, 1.54) is 32.4 Å². The summed E-state index contributed by atoms with van der Waals surface area (Å²) in [5.41, 5.74) is 6.06. The fourth-order valence-corrected chi connectivity index (χ4v) is 2.10. The van der Waals surface area contributed by atoms with Gasteiger partial charge in [0.1, 0.15) is 0 Å². The van der Waals surface area contributed by atoms with E-state index >= 15 is 0 Å². The third kappa shape index (κ3) is 3.97. The second-order valence-electron chi connectivity index (χ2n) is 5.27. The summed E-state index contributed by atoms with van der Waals surface area (Å²) in [6.45, 7) is 10.5. The first-order valence-corrected chi connectivity index (χ1v) is 6.07. The van der Waals surface area contributed by atoms with Gasteiger partial charge in [0.25, 0.3) is 0 Å². The number of likely N-dealkylation sites (tertiary alicyclic amines) is 1. The normalized spacial score (nSPS) is 29.8. The minimum Gasteiger partial charge on any atom is -0.326 e. The second kappa shape index (κ2) is 5.72. The van der Waals surface area contributed by atoms with E-state index in [4.69, 9.17) is 5.73 Å². The molecule has 0 saturated carbocycles. The topological polar surface area (TPSA) is 29.3 Å². The summed E-state index contributed by atoms with van der Waals surface area (Å²) in [4.78, 5) is 2.53. The molecular weight excluding hydrogens is 172 g/mol. The lowest BCUT2D eigenvalue weighted by Gasteiger charge is -2.35. The predicted molar refractivity (Wildman–Crippen MR) is 62.3 cm³/mol. The molecule has 1 aliphatic rings. The van der Waals surface area contributed by atoms with Gasteiger partial charge in [-0.25, -0.2) is 0 Å². The van der Waals surface area contributed by atoms with Gasteiger partial charge in [0, 0.05) is 12.6 Å². The summed E-state index contributed by atoms with van der Waals surface area (Å²) < 4.78 is 0. The maximum Gasteiger partial charge on any atom is 0.0194 e. The fraction of sp³-hybridized carbons (Fsp3) is 1.00. The molecule has 0 radical (unpaired) electrons. The van der Waals surface area contributed by atoms with Crippen molar-refractivity contribution in [3.8, 4) is 0 Å². The van der Waals surface area contributed by atoms with Crippen LogP contribution in [-0.4, -0.2) is 30.6 Å². The van der Waals surface area contributed by atoms with Gasteiger partial charge in [-0.05, 0) is 44.2 Å². The Hall–Kier alpha value is -0.0800. The van der Waals surface area contributed by atoms with Crippen LogP contribution in [0.5, 0.6) is 0 Å². The highest BCUT2D eigenvalue weighted by molar-refractivity contribution is 4.80. The van der Waals surface area contributed by atoms with E-state index in [1.54, 1.807) is 0 Å². The van der Waals surface area contributed by atoms with Crippen molar-refractivity contribution >= 4 is 0 Å². The zero-order valence-electron chi connectivity index (χ0n) is 10.00. The van der Waals surface area contributed by atoms with Crippen LogP contribution in [0.1, 0.15) is 40.0 Å². The Morgan fingerprint density at radius 1 is 1.43 bits per heavy atom. The highest BCUT2D eigenvalue weighted by Crippen LogP contribution is 2.16. The van der Waals surface area contributed by atoms with E-state index in [-0.39, 0.29) is 0 Å². The molecule has 84 valence electrons. The molecule has 0 amide bonds. The third-order valence-corrected chi connectivity index (χ3v) is 3.36. The Kier molecular flexibility index (Phi) is 4.90. The van der Waals surface area contributed by atoms with Crippen LogP contribution in [0.25, 0.3) is 0 Å². The zero-order valence-corrected chi connectivity index (χ0v) is 10.00. The third-order valence-electron chi connectivity index (χ3n) is 3.36. The number of rotatable bonds is 4. The van der Waals surface area contributed by atoms with Gasteiger partial charge in [0.2, 0.25) is 0 Å². The summed E-state index contributed by atoms with van der Waals surface area (Å²) in [7, 11) is 0. The van der Waals surface area contributed by atoms with Crippen molar-refractivity contribution in [2.45, 2.75) is 46.1 Å². The Balaban J connectivity index is 2.13. The highest BCUT2D eigenvalue weighted by Gasteiger charge is 2.22. The van der Waals surface area contributed by atoms with Gasteiger partial charge in [-0.1, -0.05) is 20.8 Å². The largest absolute Gasteiger partial charge is 0.326 e. The lowest BCUT2D eigenvalue weighted by atomic mass is 9.94. The summed E-state index contributed by atoms with van der Waals surface area (Å²) in [5.74, 6) is 1.56. The van der Waals surface area contributed by atoms with Crippen LogP contribution >= 0.6 is 0 Å². The molecule has 0 aliphatic carbocycles. The molecule has 2 unspecified atom stereocenters. The number of piperidine rings is 1. The van der Waals surface area contributed by atoms with E-state index < -0.39 is 0 Å². The molecule has 1 aliphatic heterocycles. The molecular formula is C12H26N2.